The quantitative estimate of drug-likeness (QED) is 0.771. The average Bonchev–Trinajstić information content (AvgIpc) is 2.35. The van der Waals surface area contributed by atoms with Crippen molar-refractivity contribution in [2.75, 3.05) is 13.7 Å². The number of nitrogens with two attached hydrogens (primary N) is 1. The molecule has 2 N–H and O–H groups in total. The highest BCUT2D eigenvalue weighted by molar-refractivity contribution is 5.70. The normalized spacial score (nSPS) is 11.9. The van der Waals surface area contributed by atoms with Crippen LogP contribution in [0.5, 0.6) is 5.75 Å². The Kier molecular flexibility index (Phi) is 4.79. The predicted octanol–water partition coefficient (Wildman–Crippen LogP) is 1.65. The molecule has 4 nitrogen and oxygen atoms in total. The number of esters is 1. The molecule has 0 spiro atoms. The highest BCUT2D eigenvalue weighted by Gasteiger charge is 2.04. The van der Waals surface area contributed by atoms with Crippen LogP contribution in [0.4, 0.5) is 0 Å². The highest BCUT2D eigenvalue weighted by atomic mass is 16.6. The molecule has 1 atom stereocenters. The smallest absolute Gasteiger partial charge is 0.343 e. The van der Waals surface area contributed by atoms with Gasteiger partial charge in [0.1, 0.15) is 5.75 Å². The number of hydrogen-bond acceptors (Lipinski definition) is 4. The summed E-state index contributed by atoms with van der Waals surface area (Å²) in [5.74, 6) is 0.242. The fourth-order valence-electron chi connectivity index (χ4n) is 1.25. The zero-order chi connectivity index (χ0) is 12.0. The van der Waals surface area contributed by atoms with Crippen molar-refractivity contribution in [3.05, 3.63) is 29.8 Å². The molecule has 4 heteroatoms. The maximum absolute atomic E-state index is 10.8. The zero-order valence-electron chi connectivity index (χ0n) is 9.60. The van der Waals surface area contributed by atoms with E-state index in [-0.39, 0.29) is 12.6 Å². The molecule has 88 valence electrons. The van der Waals surface area contributed by atoms with Crippen molar-refractivity contribution < 1.29 is 14.3 Å². The van der Waals surface area contributed by atoms with Crippen molar-refractivity contribution in [3.63, 3.8) is 0 Å². The summed E-state index contributed by atoms with van der Waals surface area (Å²) in [7, 11) is 1.33. The Hall–Kier alpha value is -1.55. The molecule has 0 aliphatic heterocycles. The first kappa shape index (κ1) is 12.5. The maximum atomic E-state index is 10.8. The topological polar surface area (TPSA) is 61.5 Å². The van der Waals surface area contributed by atoms with Crippen LogP contribution in [-0.4, -0.2) is 19.7 Å². The van der Waals surface area contributed by atoms with Gasteiger partial charge in [0.25, 0.3) is 0 Å². The number of hydrogen-bond donors (Lipinski definition) is 1. The van der Waals surface area contributed by atoms with Crippen LogP contribution in [0.2, 0.25) is 0 Å². The molecular formula is C12H17NO3. The molecule has 0 aromatic heterocycles. The van der Waals surface area contributed by atoms with Gasteiger partial charge in [0.15, 0.2) is 6.61 Å². The highest BCUT2D eigenvalue weighted by Crippen LogP contribution is 2.18. The molecule has 0 saturated heterocycles. The van der Waals surface area contributed by atoms with Gasteiger partial charge < -0.3 is 15.2 Å². The van der Waals surface area contributed by atoms with Crippen LogP contribution in [-0.2, 0) is 9.53 Å². The van der Waals surface area contributed by atoms with Gasteiger partial charge in [-0.3, -0.25) is 0 Å². The van der Waals surface area contributed by atoms with Crippen LogP contribution in [0.1, 0.15) is 24.9 Å². The molecule has 0 aliphatic carbocycles. The summed E-state index contributed by atoms with van der Waals surface area (Å²) in [6.45, 7) is 1.96. The van der Waals surface area contributed by atoms with Crippen LogP contribution < -0.4 is 10.5 Å². The van der Waals surface area contributed by atoms with E-state index in [4.69, 9.17) is 10.5 Å². The number of ether oxygens (including phenoxy) is 2. The maximum Gasteiger partial charge on any atom is 0.343 e. The molecule has 1 rings (SSSR count). The first-order chi connectivity index (χ1) is 7.67. The van der Waals surface area contributed by atoms with Crippen molar-refractivity contribution >= 4 is 5.97 Å². The van der Waals surface area contributed by atoms with Crippen LogP contribution in [0.25, 0.3) is 0 Å². The Bertz CT molecular complexity index is 335. The SMILES string of the molecule is CC[C@H](N)c1ccc(OCC(=O)OC)cc1. The molecule has 0 heterocycles. The van der Waals surface area contributed by atoms with Gasteiger partial charge in [0.05, 0.1) is 7.11 Å². The van der Waals surface area contributed by atoms with Crippen molar-refractivity contribution in [1.82, 2.24) is 0 Å². The molecule has 1 aromatic rings. The van der Waals surface area contributed by atoms with Crippen molar-refractivity contribution in [2.45, 2.75) is 19.4 Å². The van der Waals surface area contributed by atoms with E-state index in [2.05, 4.69) is 4.74 Å². The Balaban J connectivity index is 2.54. The molecule has 0 bridgehead atoms. The van der Waals surface area contributed by atoms with Gasteiger partial charge in [-0.25, -0.2) is 4.79 Å². The molecule has 0 amide bonds. The Morgan fingerprint density at radius 2 is 2.00 bits per heavy atom. The third-order valence-corrected chi connectivity index (χ3v) is 2.33. The Morgan fingerprint density at radius 1 is 1.38 bits per heavy atom. The lowest BCUT2D eigenvalue weighted by molar-refractivity contribution is -0.142. The van der Waals surface area contributed by atoms with Crippen LogP contribution in [0, 0.1) is 0 Å². The minimum Gasteiger partial charge on any atom is -0.482 e. The Labute approximate surface area is 95.3 Å². The van der Waals surface area contributed by atoms with Gasteiger partial charge in [-0.1, -0.05) is 19.1 Å². The van der Waals surface area contributed by atoms with Gasteiger partial charge >= 0.3 is 5.97 Å². The van der Waals surface area contributed by atoms with Crippen molar-refractivity contribution in [1.29, 1.82) is 0 Å². The summed E-state index contributed by atoms with van der Waals surface area (Å²) in [6, 6.07) is 7.46. The minimum absolute atomic E-state index is 0.0506. The lowest BCUT2D eigenvalue weighted by Gasteiger charge is -2.10. The lowest BCUT2D eigenvalue weighted by atomic mass is 10.1. The predicted molar refractivity (Wildman–Crippen MR) is 61.2 cm³/mol. The van der Waals surface area contributed by atoms with E-state index in [1.54, 1.807) is 12.1 Å². The second-order valence-corrected chi connectivity index (χ2v) is 3.45. The summed E-state index contributed by atoms with van der Waals surface area (Å²) in [4.78, 5) is 10.8. The molecular weight excluding hydrogens is 206 g/mol. The van der Waals surface area contributed by atoms with E-state index in [1.165, 1.54) is 7.11 Å². The van der Waals surface area contributed by atoms with Crippen LogP contribution in [0.3, 0.4) is 0 Å². The zero-order valence-corrected chi connectivity index (χ0v) is 9.60. The molecule has 16 heavy (non-hydrogen) atoms. The van der Waals surface area contributed by atoms with Crippen molar-refractivity contribution in [3.8, 4) is 5.75 Å². The largest absolute Gasteiger partial charge is 0.482 e. The number of carbonyl (C=O) groups excluding carboxylic acids is 1. The van der Waals surface area contributed by atoms with E-state index in [0.29, 0.717) is 5.75 Å². The van der Waals surface area contributed by atoms with Gasteiger partial charge in [-0.2, -0.15) is 0 Å². The Morgan fingerprint density at radius 3 is 2.50 bits per heavy atom. The summed E-state index contributed by atoms with van der Waals surface area (Å²) in [6.07, 6.45) is 0.891. The van der Waals surface area contributed by atoms with Gasteiger partial charge in [0, 0.05) is 6.04 Å². The van der Waals surface area contributed by atoms with Gasteiger partial charge in [-0.15, -0.1) is 0 Å². The standard InChI is InChI=1S/C12H17NO3/c1-3-11(13)9-4-6-10(7-5-9)16-8-12(14)15-2/h4-7,11H,3,8,13H2,1-2H3/t11-/m0/s1. The van der Waals surface area contributed by atoms with Gasteiger partial charge in [0.2, 0.25) is 0 Å². The number of rotatable bonds is 5. The average molecular weight is 223 g/mol. The van der Waals surface area contributed by atoms with Gasteiger partial charge in [-0.05, 0) is 24.1 Å². The molecule has 0 unspecified atom stereocenters. The van der Waals surface area contributed by atoms with E-state index >= 15 is 0 Å². The molecule has 0 aliphatic rings. The van der Waals surface area contributed by atoms with E-state index < -0.39 is 5.97 Å². The number of carbonyl (C=O) groups is 1. The fraction of sp³-hybridized carbons (Fsp3) is 0.417. The third-order valence-electron chi connectivity index (χ3n) is 2.33. The monoisotopic (exact) mass is 223 g/mol. The van der Waals surface area contributed by atoms with E-state index in [9.17, 15) is 4.79 Å². The fourth-order valence-corrected chi connectivity index (χ4v) is 1.25. The second-order valence-electron chi connectivity index (χ2n) is 3.45. The summed E-state index contributed by atoms with van der Waals surface area (Å²) < 4.78 is 9.68. The summed E-state index contributed by atoms with van der Waals surface area (Å²) >= 11 is 0. The first-order valence-electron chi connectivity index (χ1n) is 5.22. The van der Waals surface area contributed by atoms with E-state index in [1.807, 2.05) is 19.1 Å². The number of methoxy groups -OCH3 is 1. The van der Waals surface area contributed by atoms with Crippen LogP contribution in [0.15, 0.2) is 24.3 Å². The minimum atomic E-state index is -0.394. The molecule has 0 radical (unpaired) electrons. The second kappa shape index (κ2) is 6.12. The third kappa shape index (κ3) is 3.55. The summed E-state index contributed by atoms with van der Waals surface area (Å²) in [5, 5.41) is 0. The van der Waals surface area contributed by atoms with Crippen LogP contribution >= 0.6 is 0 Å². The van der Waals surface area contributed by atoms with Crippen molar-refractivity contribution in [2.24, 2.45) is 5.73 Å². The first-order valence-corrected chi connectivity index (χ1v) is 5.22. The number of benzene rings is 1. The molecule has 0 fully saturated rings. The van der Waals surface area contributed by atoms with E-state index in [0.717, 1.165) is 12.0 Å². The summed E-state index contributed by atoms with van der Waals surface area (Å²) in [5.41, 5.74) is 6.94. The lowest BCUT2D eigenvalue weighted by Crippen LogP contribution is -2.12. The molecule has 0 saturated carbocycles. The molecule has 1 aromatic carbocycles.